The number of alkyl halides is 5. The number of halogens is 5. The van der Waals surface area contributed by atoms with Gasteiger partial charge >= 0.3 is 12.1 Å². The minimum Gasteiger partial charge on any atom is -0.857 e. The fourth-order valence-corrected chi connectivity index (χ4v) is 1.96. The average molecular weight is 327 g/mol. The predicted molar refractivity (Wildman–Crippen MR) is 56.8 cm³/mol. The van der Waals surface area contributed by atoms with Gasteiger partial charge in [-0.3, -0.25) is 0 Å². The van der Waals surface area contributed by atoms with E-state index in [0.29, 0.717) is 0 Å². The molecule has 0 aliphatic heterocycles. The van der Waals surface area contributed by atoms with Gasteiger partial charge in [-0.1, -0.05) is 0 Å². The maximum absolute atomic E-state index is 12.6. The molecule has 0 heterocycles. The van der Waals surface area contributed by atoms with Crippen molar-refractivity contribution in [1.82, 2.24) is 0 Å². The first kappa shape index (κ1) is 16.8. The van der Waals surface area contributed by atoms with Crippen molar-refractivity contribution in [2.75, 3.05) is 0 Å². The molecule has 0 N–H and O–H groups in total. The van der Waals surface area contributed by atoms with Crippen LogP contribution in [0.4, 0.5) is 22.0 Å². The van der Waals surface area contributed by atoms with Gasteiger partial charge < -0.3 is 5.11 Å². The number of hydrogen-bond acceptors (Lipinski definition) is 4. The maximum Gasteiger partial charge on any atom is 0.458 e. The van der Waals surface area contributed by atoms with Crippen LogP contribution in [0.5, 0.6) is 0 Å². The summed E-state index contributed by atoms with van der Waals surface area (Å²) in [5.41, 5.74) is 0.0147. The SMILES string of the molecule is N#Cc1ccc(S(=O)(=O)/N=C(\[O-])C(F)(F)C(F)(F)F)cc1. The molecular formula is C10H4F5N2O3S-. The normalized spacial score (nSPS) is 13.8. The van der Waals surface area contributed by atoms with E-state index in [9.17, 15) is 35.5 Å². The predicted octanol–water partition coefficient (Wildman–Crippen LogP) is 1.20. The van der Waals surface area contributed by atoms with E-state index in [4.69, 9.17) is 5.26 Å². The van der Waals surface area contributed by atoms with Crippen molar-refractivity contribution >= 4 is 15.9 Å². The Morgan fingerprint density at radius 1 is 1.14 bits per heavy atom. The van der Waals surface area contributed by atoms with Gasteiger partial charge in [0, 0.05) is 0 Å². The topological polar surface area (TPSA) is 93.3 Å². The quantitative estimate of drug-likeness (QED) is 0.474. The van der Waals surface area contributed by atoms with Crippen molar-refractivity contribution in [3.63, 3.8) is 0 Å². The minimum absolute atomic E-state index is 0.0147. The van der Waals surface area contributed by atoms with Crippen molar-refractivity contribution in [2.24, 2.45) is 4.40 Å². The molecule has 1 aromatic rings. The second kappa shape index (κ2) is 5.28. The van der Waals surface area contributed by atoms with E-state index >= 15 is 0 Å². The number of hydrogen-bond donors (Lipinski definition) is 0. The molecular weight excluding hydrogens is 323 g/mol. The average Bonchev–Trinajstić information content (AvgIpc) is 2.37. The summed E-state index contributed by atoms with van der Waals surface area (Å²) in [5, 5.41) is 19.2. The Hall–Kier alpha value is -2.22. The van der Waals surface area contributed by atoms with E-state index in [-0.39, 0.29) is 5.56 Å². The van der Waals surface area contributed by atoms with Gasteiger partial charge in [-0.25, -0.2) is 0 Å². The molecule has 0 radical (unpaired) electrons. The van der Waals surface area contributed by atoms with Crippen LogP contribution in [0.15, 0.2) is 33.6 Å². The molecule has 0 aromatic heterocycles. The number of nitriles is 1. The summed E-state index contributed by atoms with van der Waals surface area (Å²) in [4.78, 5) is -0.798. The Kier molecular flexibility index (Phi) is 4.24. The molecule has 1 aromatic carbocycles. The molecule has 11 heteroatoms. The molecule has 1 rings (SSSR count). The van der Waals surface area contributed by atoms with Gasteiger partial charge in [0.1, 0.15) is 0 Å². The Balaban J connectivity index is 3.26. The van der Waals surface area contributed by atoms with Crippen LogP contribution < -0.4 is 5.11 Å². The zero-order chi connectivity index (χ0) is 16.5. The van der Waals surface area contributed by atoms with Crippen LogP contribution in [-0.4, -0.2) is 26.4 Å². The second-order valence-electron chi connectivity index (χ2n) is 3.58. The van der Waals surface area contributed by atoms with E-state index in [0.717, 1.165) is 24.3 Å². The first-order valence-electron chi connectivity index (χ1n) is 4.89. The second-order valence-corrected chi connectivity index (χ2v) is 5.18. The van der Waals surface area contributed by atoms with Crippen LogP contribution >= 0.6 is 0 Å². The summed E-state index contributed by atoms with van der Waals surface area (Å²) in [6.45, 7) is 0. The fourth-order valence-electron chi connectivity index (χ4n) is 1.04. The first-order chi connectivity index (χ1) is 9.41. The van der Waals surface area contributed by atoms with Crippen LogP contribution in [0.25, 0.3) is 0 Å². The summed E-state index contributed by atoms with van der Waals surface area (Å²) >= 11 is 0. The van der Waals surface area contributed by atoms with Crippen molar-refractivity contribution in [1.29, 1.82) is 5.26 Å². The Morgan fingerprint density at radius 2 is 1.62 bits per heavy atom. The molecule has 0 saturated carbocycles. The van der Waals surface area contributed by atoms with Gasteiger partial charge in [0.15, 0.2) is 0 Å². The van der Waals surface area contributed by atoms with Gasteiger partial charge in [0.05, 0.1) is 22.4 Å². The molecule has 0 amide bonds. The summed E-state index contributed by atoms with van der Waals surface area (Å²) in [7, 11) is -5.04. The van der Waals surface area contributed by atoms with Crippen molar-refractivity contribution in [2.45, 2.75) is 17.0 Å². The zero-order valence-corrected chi connectivity index (χ0v) is 10.5. The van der Waals surface area contributed by atoms with Crippen LogP contribution in [0, 0.1) is 11.3 Å². The van der Waals surface area contributed by atoms with Crippen LogP contribution in [0.3, 0.4) is 0 Å². The molecule has 0 unspecified atom stereocenters. The van der Waals surface area contributed by atoms with Gasteiger partial charge in [-0.05, 0) is 24.3 Å². The fraction of sp³-hybridized carbons (Fsp3) is 0.200. The highest BCUT2D eigenvalue weighted by Crippen LogP contribution is 2.35. The third-order valence-electron chi connectivity index (χ3n) is 2.11. The van der Waals surface area contributed by atoms with Crippen LogP contribution in [-0.2, 0) is 10.0 Å². The maximum atomic E-state index is 12.6. The van der Waals surface area contributed by atoms with E-state index in [1.54, 1.807) is 6.07 Å². The van der Waals surface area contributed by atoms with E-state index in [1.165, 1.54) is 0 Å². The molecule has 0 atom stereocenters. The van der Waals surface area contributed by atoms with Crippen LogP contribution in [0.2, 0.25) is 0 Å². The molecule has 0 aliphatic rings. The first-order valence-corrected chi connectivity index (χ1v) is 6.33. The molecule has 0 saturated heterocycles. The number of rotatable bonds is 3. The van der Waals surface area contributed by atoms with E-state index in [1.807, 2.05) is 4.40 Å². The van der Waals surface area contributed by atoms with Gasteiger partial charge in [-0.15, -0.1) is 0 Å². The molecule has 0 fully saturated rings. The molecule has 114 valence electrons. The Labute approximate surface area is 115 Å². The highest BCUT2D eigenvalue weighted by Gasteiger charge is 2.58. The number of nitrogens with zero attached hydrogens (tertiary/aromatic N) is 2. The van der Waals surface area contributed by atoms with Gasteiger partial charge in [-0.2, -0.15) is 40.0 Å². The largest absolute Gasteiger partial charge is 0.857 e. The molecule has 5 nitrogen and oxygen atoms in total. The lowest BCUT2D eigenvalue weighted by molar-refractivity contribution is -0.306. The minimum atomic E-state index is -6.26. The van der Waals surface area contributed by atoms with E-state index < -0.39 is 32.9 Å². The van der Waals surface area contributed by atoms with Gasteiger partial charge in [0.25, 0.3) is 10.0 Å². The zero-order valence-electron chi connectivity index (χ0n) is 9.73. The molecule has 0 aliphatic carbocycles. The molecule has 0 spiro atoms. The summed E-state index contributed by atoms with van der Waals surface area (Å²) in [5.74, 6) is -9.05. The Morgan fingerprint density at radius 3 is 2.00 bits per heavy atom. The lowest BCUT2D eigenvalue weighted by Gasteiger charge is -2.24. The standard InChI is InChI=1S/C10H5F5N2O3S/c11-9(12,10(13,14)15)8(18)17-21(19,20)7-3-1-6(5-16)2-4-7/h1-4H,(H,17,18)/p-1. The number of benzene rings is 1. The monoisotopic (exact) mass is 327 g/mol. The summed E-state index contributed by atoms with van der Waals surface area (Å²) < 4.78 is 85.8. The smallest absolute Gasteiger partial charge is 0.458 e. The number of sulfonamides is 1. The summed E-state index contributed by atoms with van der Waals surface area (Å²) in [6, 6.07) is 5.06. The van der Waals surface area contributed by atoms with Gasteiger partial charge in [0.2, 0.25) is 0 Å². The Bertz CT molecular complexity index is 702. The van der Waals surface area contributed by atoms with Crippen molar-refractivity contribution in [3.05, 3.63) is 29.8 Å². The highest BCUT2D eigenvalue weighted by atomic mass is 32.2. The van der Waals surface area contributed by atoms with Crippen LogP contribution in [0.1, 0.15) is 5.56 Å². The lowest BCUT2D eigenvalue weighted by atomic mass is 10.2. The lowest BCUT2D eigenvalue weighted by Crippen LogP contribution is -2.50. The van der Waals surface area contributed by atoms with Crippen molar-refractivity contribution in [3.8, 4) is 6.07 Å². The van der Waals surface area contributed by atoms with Crippen molar-refractivity contribution < 1.29 is 35.5 Å². The highest BCUT2D eigenvalue weighted by molar-refractivity contribution is 7.90. The van der Waals surface area contributed by atoms with E-state index in [2.05, 4.69) is 0 Å². The molecule has 21 heavy (non-hydrogen) atoms. The summed E-state index contributed by atoms with van der Waals surface area (Å²) in [6.07, 6.45) is -6.26. The molecule has 0 bridgehead atoms. The third-order valence-corrected chi connectivity index (χ3v) is 3.38. The third kappa shape index (κ3) is 3.46.